The number of fused-ring (bicyclic) bond motifs is 1. The Morgan fingerprint density at radius 1 is 1.50 bits per heavy atom. The zero-order valence-electron chi connectivity index (χ0n) is 10.6. The normalized spacial score (nSPS) is 21.3. The van der Waals surface area contributed by atoms with E-state index in [1.807, 2.05) is 0 Å². The molecule has 1 aliphatic heterocycles. The van der Waals surface area contributed by atoms with E-state index in [0.29, 0.717) is 18.7 Å². The van der Waals surface area contributed by atoms with Gasteiger partial charge in [-0.05, 0) is 24.5 Å². The van der Waals surface area contributed by atoms with Gasteiger partial charge in [0.25, 0.3) is 0 Å². The fourth-order valence-corrected chi connectivity index (χ4v) is 4.36. The molecule has 2 aromatic heterocycles. The van der Waals surface area contributed by atoms with Gasteiger partial charge in [-0.25, -0.2) is 22.7 Å². The number of hydrogen-bond acceptors (Lipinski definition) is 5. The summed E-state index contributed by atoms with van der Waals surface area (Å²) in [5.41, 5.74) is 0.376. The Balaban J connectivity index is 1.90. The number of aromatic carboxylic acids is 1. The van der Waals surface area contributed by atoms with Crippen molar-refractivity contribution >= 4 is 21.5 Å². The van der Waals surface area contributed by atoms with Crippen LogP contribution in [-0.2, 0) is 16.3 Å². The second-order valence-electron chi connectivity index (χ2n) is 5.00. The molecule has 0 radical (unpaired) electrons. The van der Waals surface area contributed by atoms with Crippen molar-refractivity contribution in [3.63, 3.8) is 0 Å². The molecule has 1 aliphatic rings. The lowest BCUT2D eigenvalue weighted by Crippen LogP contribution is -2.08. The van der Waals surface area contributed by atoms with Crippen molar-refractivity contribution in [2.45, 2.75) is 12.8 Å². The molecule has 0 aliphatic carbocycles. The van der Waals surface area contributed by atoms with Gasteiger partial charge in [-0.3, -0.25) is 0 Å². The quantitative estimate of drug-likeness (QED) is 0.879. The third-order valence-electron chi connectivity index (χ3n) is 3.43. The first-order valence-electron chi connectivity index (χ1n) is 6.22. The molecule has 2 aromatic rings. The molecule has 1 unspecified atom stereocenters. The number of hydrogen-bond donors (Lipinski definition) is 1. The topological polar surface area (TPSA) is 102 Å². The Labute approximate surface area is 115 Å². The number of carbonyl (C=O) groups is 1. The van der Waals surface area contributed by atoms with Crippen molar-refractivity contribution in [1.29, 1.82) is 0 Å². The van der Waals surface area contributed by atoms with Gasteiger partial charge in [-0.1, -0.05) is 0 Å². The minimum Gasteiger partial charge on any atom is -0.478 e. The maximum atomic E-state index is 11.4. The predicted octanol–water partition coefficient (Wildman–Crippen LogP) is 0.405. The van der Waals surface area contributed by atoms with E-state index in [2.05, 4.69) is 10.1 Å². The Morgan fingerprint density at radius 3 is 2.95 bits per heavy atom. The molecule has 1 fully saturated rings. The van der Waals surface area contributed by atoms with Crippen LogP contribution in [0.25, 0.3) is 5.65 Å². The molecule has 1 atom stereocenters. The molecule has 1 saturated heterocycles. The SMILES string of the molecule is O=C(O)c1cccn2nc(CC3CCS(=O)(=O)C3)nc12. The van der Waals surface area contributed by atoms with Gasteiger partial charge in [0.05, 0.1) is 11.5 Å². The van der Waals surface area contributed by atoms with Crippen LogP contribution in [0, 0.1) is 5.92 Å². The van der Waals surface area contributed by atoms with Gasteiger partial charge in [-0.15, -0.1) is 0 Å². The van der Waals surface area contributed by atoms with Crippen molar-refractivity contribution < 1.29 is 18.3 Å². The van der Waals surface area contributed by atoms with Crippen molar-refractivity contribution in [2.75, 3.05) is 11.5 Å². The molecule has 8 heteroatoms. The lowest BCUT2D eigenvalue weighted by molar-refractivity contribution is 0.0698. The van der Waals surface area contributed by atoms with Gasteiger partial charge in [-0.2, -0.15) is 5.10 Å². The Kier molecular flexibility index (Phi) is 2.97. The maximum absolute atomic E-state index is 11.4. The molecule has 0 aromatic carbocycles. The monoisotopic (exact) mass is 295 g/mol. The van der Waals surface area contributed by atoms with Gasteiger partial charge in [0.15, 0.2) is 21.3 Å². The average molecular weight is 295 g/mol. The highest BCUT2D eigenvalue weighted by Gasteiger charge is 2.29. The largest absolute Gasteiger partial charge is 0.478 e. The highest BCUT2D eigenvalue weighted by atomic mass is 32.2. The number of carboxylic acid groups (broad SMARTS) is 1. The zero-order chi connectivity index (χ0) is 14.3. The van der Waals surface area contributed by atoms with Crippen LogP contribution in [-0.4, -0.2) is 45.6 Å². The molecule has 106 valence electrons. The third-order valence-corrected chi connectivity index (χ3v) is 5.27. The zero-order valence-corrected chi connectivity index (χ0v) is 11.4. The smallest absolute Gasteiger partial charge is 0.339 e. The van der Waals surface area contributed by atoms with Crippen LogP contribution in [0.2, 0.25) is 0 Å². The Hall–Kier alpha value is -1.96. The van der Waals surface area contributed by atoms with Crippen molar-refractivity contribution in [1.82, 2.24) is 14.6 Å². The number of carboxylic acids is 1. The van der Waals surface area contributed by atoms with Gasteiger partial charge in [0.2, 0.25) is 0 Å². The van der Waals surface area contributed by atoms with Gasteiger partial charge in [0.1, 0.15) is 5.56 Å². The fraction of sp³-hybridized carbons (Fsp3) is 0.417. The first kappa shape index (κ1) is 13.0. The molecule has 7 nitrogen and oxygen atoms in total. The van der Waals surface area contributed by atoms with E-state index in [1.54, 1.807) is 12.3 Å². The van der Waals surface area contributed by atoms with Crippen LogP contribution in [0.3, 0.4) is 0 Å². The molecule has 20 heavy (non-hydrogen) atoms. The lowest BCUT2D eigenvalue weighted by atomic mass is 10.1. The van der Waals surface area contributed by atoms with E-state index < -0.39 is 15.8 Å². The van der Waals surface area contributed by atoms with Crippen LogP contribution in [0.15, 0.2) is 18.3 Å². The summed E-state index contributed by atoms with van der Waals surface area (Å²) in [6.45, 7) is 0. The van der Waals surface area contributed by atoms with Gasteiger partial charge >= 0.3 is 5.97 Å². The standard InChI is InChI=1S/C12H13N3O4S/c16-12(17)9-2-1-4-15-11(9)13-10(14-15)6-8-3-5-20(18,19)7-8/h1-2,4,8H,3,5-7H2,(H,16,17). The molecular weight excluding hydrogens is 282 g/mol. The lowest BCUT2D eigenvalue weighted by Gasteiger charge is -2.01. The summed E-state index contributed by atoms with van der Waals surface area (Å²) in [6, 6.07) is 3.06. The fourth-order valence-electron chi connectivity index (χ4n) is 2.50. The molecule has 0 amide bonds. The molecular formula is C12H13N3O4S. The second-order valence-corrected chi connectivity index (χ2v) is 7.23. The highest BCUT2D eigenvalue weighted by molar-refractivity contribution is 7.91. The van der Waals surface area contributed by atoms with E-state index in [9.17, 15) is 13.2 Å². The summed E-state index contributed by atoms with van der Waals surface area (Å²) >= 11 is 0. The minimum absolute atomic E-state index is 0.0192. The Bertz CT molecular complexity index is 781. The number of aromatic nitrogens is 3. The summed E-state index contributed by atoms with van der Waals surface area (Å²) in [5.74, 6) is -0.177. The van der Waals surface area contributed by atoms with E-state index in [1.165, 1.54) is 10.6 Å². The summed E-state index contributed by atoms with van der Waals surface area (Å²) < 4.78 is 24.3. The average Bonchev–Trinajstić information content (AvgIpc) is 2.91. The van der Waals surface area contributed by atoms with Gasteiger partial charge in [0, 0.05) is 12.6 Å². The number of nitrogens with zero attached hydrogens (tertiary/aromatic N) is 3. The van der Waals surface area contributed by atoms with Crippen LogP contribution in [0.5, 0.6) is 0 Å². The molecule has 0 bridgehead atoms. The van der Waals surface area contributed by atoms with Crippen molar-refractivity contribution in [3.8, 4) is 0 Å². The van der Waals surface area contributed by atoms with Crippen molar-refractivity contribution in [2.24, 2.45) is 5.92 Å². The Morgan fingerprint density at radius 2 is 2.30 bits per heavy atom. The van der Waals surface area contributed by atoms with Crippen LogP contribution in [0.1, 0.15) is 22.6 Å². The minimum atomic E-state index is -2.92. The summed E-state index contributed by atoms with van der Waals surface area (Å²) in [4.78, 5) is 15.3. The van der Waals surface area contributed by atoms with Crippen LogP contribution in [0.4, 0.5) is 0 Å². The summed E-state index contributed by atoms with van der Waals surface area (Å²) in [7, 11) is -2.92. The second kappa shape index (κ2) is 4.55. The number of sulfone groups is 1. The maximum Gasteiger partial charge on any atom is 0.339 e. The molecule has 3 rings (SSSR count). The van der Waals surface area contributed by atoms with Gasteiger partial charge < -0.3 is 5.11 Å². The summed E-state index contributed by atoms with van der Waals surface area (Å²) in [5, 5.41) is 13.3. The molecule has 0 saturated carbocycles. The number of pyridine rings is 1. The highest BCUT2D eigenvalue weighted by Crippen LogP contribution is 2.22. The van der Waals surface area contributed by atoms with Crippen LogP contribution >= 0.6 is 0 Å². The van der Waals surface area contributed by atoms with E-state index >= 15 is 0 Å². The molecule has 1 N–H and O–H groups in total. The third kappa shape index (κ3) is 2.38. The first-order chi connectivity index (χ1) is 9.44. The first-order valence-corrected chi connectivity index (χ1v) is 8.05. The van der Waals surface area contributed by atoms with E-state index in [4.69, 9.17) is 5.11 Å². The van der Waals surface area contributed by atoms with Crippen molar-refractivity contribution in [3.05, 3.63) is 29.7 Å². The van der Waals surface area contributed by atoms with E-state index in [0.717, 1.165) is 0 Å². The summed E-state index contributed by atoms with van der Waals surface area (Å²) in [6.07, 6.45) is 2.70. The van der Waals surface area contributed by atoms with E-state index in [-0.39, 0.29) is 28.6 Å². The molecule has 3 heterocycles. The number of rotatable bonds is 3. The predicted molar refractivity (Wildman–Crippen MR) is 70.4 cm³/mol. The molecule has 0 spiro atoms. The van der Waals surface area contributed by atoms with Crippen LogP contribution < -0.4 is 0 Å².